The van der Waals surface area contributed by atoms with Gasteiger partial charge in [0, 0.05) is 22.3 Å². The number of hydrogen-bond donors (Lipinski definition) is 1. The van der Waals surface area contributed by atoms with Crippen LogP contribution in [0.15, 0.2) is 72.8 Å². The summed E-state index contributed by atoms with van der Waals surface area (Å²) in [7, 11) is 0. The largest absolute Gasteiger partial charge is 0.480 e. The van der Waals surface area contributed by atoms with Crippen molar-refractivity contribution in [1.29, 1.82) is 0 Å². The average Bonchev–Trinajstić information content (AvgIpc) is 3.38. The smallest absolute Gasteiger partial charge is 0.411 e. The number of aliphatic carboxylic acids is 1. The molecule has 0 spiro atoms. The van der Waals surface area contributed by atoms with Crippen LogP contribution in [0, 0.1) is 0 Å². The zero-order valence-corrected chi connectivity index (χ0v) is 18.6. The zero-order chi connectivity index (χ0) is 22.2. The molecule has 162 valence electrons. The monoisotopic (exact) mass is 465 g/mol. The van der Waals surface area contributed by atoms with Crippen molar-refractivity contribution in [3.63, 3.8) is 0 Å². The number of ether oxygens (including phenoxy) is 1. The molecule has 5 rings (SSSR count). The van der Waals surface area contributed by atoms with Crippen molar-refractivity contribution in [3.05, 3.63) is 94.5 Å². The van der Waals surface area contributed by atoms with Gasteiger partial charge >= 0.3 is 12.1 Å². The molecule has 7 heteroatoms. The van der Waals surface area contributed by atoms with Crippen LogP contribution in [-0.4, -0.2) is 40.5 Å². The predicted molar refractivity (Wildman–Crippen MR) is 125 cm³/mol. The maximum absolute atomic E-state index is 13.2. The quantitative estimate of drug-likeness (QED) is 0.528. The number of thioether (sulfide) groups is 1. The Morgan fingerprint density at radius 2 is 1.50 bits per heavy atom. The number of halogens is 1. The lowest BCUT2D eigenvalue weighted by Crippen LogP contribution is -2.43. The standard InChI is InChI=1S/C25H20ClNO4S/c26-21-12-6-5-11-19(21)23-27(22(14-32-23)24(28)29)25(30)31-13-20-17-9-3-1-7-15(17)16-8-2-4-10-18(16)20/h1-12,20,22-23H,13-14H2,(H,28,29)/t22-,23?/m0/s1. The van der Waals surface area contributed by atoms with Gasteiger partial charge in [0.1, 0.15) is 18.0 Å². The van der Waals surface area contributed by atoms with Gasteiger partial charge in [0.05, 0.1) is 0 Å². The van der Waals surface area contributed by atoms with Crippen LogP contribution >= 0.6 is 23.4 Å². The van der Waals surface area contributed by atoms with Gasteiger partial charge < -0.3 is 9.84 Å². The van der Waals surface area contributed by atoms with Crippen LogP contribution in [-0.2, 0) is 9.53 Å². The molecule has 1 N–H and O–H groups in total. The van der Waals surface area contributed by atoms with Crippen molar-refractivity contribution in [1.82, 2.24) is 4.90 Å². The minimum Gasteiger partial charge on any atom is -0.480 e. The van der Waals surface area contributed by atoms with E-state index in [1.165, 1.54) is 16.7 Å². The number of carbonyl (C=O) groups excluding carboxylic acids is 1. The Balaban J connectivity index is 1.41. The molecule has 32 heavy (non-hydrogen) atoms. The SMILES string of the molecule is O=C(O)[C@@H]1CSC(c2ccccc2Cl)N1C(=O)OCC1c2ccccc2-c2ccccc21. The Bertz CT molecular complexity index is 1150. The highest BCUT2D eigenvalue weighted by Gasteiger charge is 2.44. The fourth-order valence-electron chi connectivity index (χ4n) is 4.50. The Morgan fingerprint density at radius 3 is 2.09 bits per heavy atom. The maximum atomic E-state index is 13.2. The van der Waals surface area contributed by atoms with E-state index in [1.54, 1.807) is 12.1 Å². The highest BCUT2D eigenvalue weighted by atomic mass is 35.5. The number of amides is 1. The van der Waals surface area contributed by atoms with Gasteiger partial charge in [-0.05, 0) is 28.3 Å². The van der Waals surface area contributed by atoms with E-state index in [-0.39, 0.29) is 18.3 Å². The van der Waals surface area contributed by atoms with Crippen LogP contribution in [0.4, 0.5) is 4.79 Å². The number of hydrogen-bond acceptors (Lipinski definition) is 4. The minimum absolute atomic E-state index is 0.0938. The van der Waals surface area contributed by atoms with E-state index >= 15 is 0 Å². The lowest BCUT2D eigenvalue weighted by atomic mass is 9.98. The lowest BCUT2D eigenvalue weighted by molar-refractivity contribution is -0.141. The second kappa shape index (κ2) is 8.52. The summed E-state index contributed by atoms with van der Waals surface area (Å²) < 4.78 is 5.76. The lowest BCUT2D eigenvalue weighted by Gasteiger charge is -2.28. The zero-order valence-electron chi connectivity index (χ0n) is 17.0. The minimum atomic E-state index is -1.06. The molecule has 3 aromatic rings. The Hall–Kier alpha value is -2.96. The fraction of sp³-hybridized carbons (Fsp3) is 0.200. The van der Waals surface area contributed by atoms with Gasteiger partial charge in [0.2, 0.25) is 0 Å². The van der Waals surface area contributed by atoms with Crippen LogP contribution < -0.4 is 0 Å². The normalized spacial score (nSPS) is 19.5. The van der Waals surface area contributed by atoms with Crippen LogP contribution in [0.3, 0.4) is 0 Å². The first-order chi connectivity index (χ1) is 15.6. The van der Waals surface area contributed by atoms with Crippen molar-refractivity contribution in [3.8, 4) is 11.1 Å². The molecule has 2 atom stereocenters. The van der Waals surface area contributed by atoms with Crippen LogP contribution in [0.5, 0.6) is 0 Å². The summed E-state index contributed by atoms with van der Waals surface area (Å²) in [5.74, 6) is -0.876. The number of rotatable bonds is 4. The van der Waals surface area contributed by atoms with Crippen molar-refractivity contribution in [2.75, 3.05) is 12.4 Å². The molecule has 1 unspecified atom stereocenters. The van der Waals surface area contributed by atoms with Crippen LogP contribution in [0.2, 0.25) is 5.02 Å². The summed E-state index contributed by atoms with van der Waals surface area (Å²) in [6.45, 7) is 0.135. The third-order valence-electron chi connectivity index (χ3n) is 6.00. The van der Waals surface area contributed by atoms with Gasteiger partial charge in [-0.1, -0.05) is 78.3 Å². The molecule has 1 aliphatic carbocycles. The number of carboxylic acid groups (broad SMARTS) is 1. The number of carboxylic acids is 1. The first-order valence-corrected chi connectivity index (χ1v) is 11.7. The van der Waals surface area contributed by atoms with Gasteiger partial charge in [0.15, 0.2) is 0 Å². The summed E-state index contributed by atoms with van der Waals surface area (Å²) in [5, 5.41) is 9.69. The molecule has 1 heterocycles. The van der Waals surface area contributed by atoms with Crippen LogP contribution in [0.1, 0.15) is 28.0 Å². The molecule has 1 fully saturated rings. The second-order valence-electron chi connectivity index (χ2n) is 7.77. The molecule has 1 amide bonds. The first-order valence-electron chi connectivity index (χ1n) is 10.3. The van der Waals surface area contributed by atoms with E-state index in [1.807, 2.05) is 48.5 Å². The third-order valence-corrected chi connectivity index (χ3v) is 7.65. The highest BCUT2D eigenvalue weighted by molar-refractivity contribution is 7.99. The fourth-order valence-corrected chi connectivity index (χ4v) is 6.25. The summed E-state index contributed by atoms with van der Waals surface area (Å²) in [5.41, 5.74) is 5.19. The molecule has 3 aromatic carbocycles. The highest BCUT2D eigenvalue weighted by Crippen LogP contribution is 2.46. The van der Waals surface area contributed by atoms with Gasteiger partial charge in [-0.25, -0.2) is 9.59 Å². The number of carbonyl (C=O) groups is 2. The third kappa shape index (κ3) is 3.53. The predicted octanol–water partition coefficient (Wildman–Crippen LogP) is 5.79. The average molecular weight is 466 g/mol. The van der Waals surface area contributed by atoms with E-state index < -0.39 is 23.5 Å². The van der Waals surface area contributed by atoms with E-state index in [0.29, 0.717) is 10.6 Å². The van der Waals surface area contributed by atoms with Gasteiger partial charge in [-0.15, -0.1) is 11.8 Å². The number of nitrogens with zero attached hydrogens (tertiary/aromatic N) is 1. The maximum Gasteiger partial charge on any atom is 0.411 e. The molecule has 0 aromatic heterocycles. The van der Waals surface area contributed by atoms with Crippen molar-refractivity contribution in [2.24, 2.45) is 0 Å². The molecular weight excluding hydrogens is 446 g/mol. The van der Waals surface area contributed by atoms with Crippen LogP contribution in [0.25, 0.3) is 11.1 Å². The van der Waals surface area contributed by atoms with E-state index in [2.05, 4.69) is 12.1 Å². The molecule has 0 bridgehead atoms. The van der Waals surface area contributed by atoms with Crippen molar-refractivity contribution >= 4 is 35.4 Å². The summed E-state index contributed by atoms with van der Waals surface area (Å²) in [4.78, 5) is 26.4. The summed E-state index contributed by atoms with van der Waals surface area (Å²) in [6.07, 6.45) is -0.644. The molecule has 2 aliphatic rings. The Kier molecular flexibility index (Phi) is 5.57. The molecule has 5 nitrogen and oxygen atoms in total. The van der Waals surface area contributed by atoms with Crippen molar-refractivity contribution < 1.29 is 19.4 Å². The molecule has 0 saturated carbocycles. The molecule has 0 radical (unpaired) electrons. The summed E-state index contributed by atoms with van der Waals surface area (Å²) >= 11 is 7.73. The molecular formula is C25H20ClNO4S. The topological polar surface area (TPSA) is 66.8 Å². The number of fused-ring (bicyclic) bond motifs is 3. The van der Waals surface area contributed by atoms with E-state index in [9.17, 15) is 14.7 Å². The van der Waals surface area contributed by atoms with Crippen molar-refractivity contribution in [2.45, 2.75) is 17.3 Å². The first kappa shape index (κ1) is 20.9. The summed E-state index contributed by atoms with van der Waals surface area (Å²) in [6, 6.07) is 22.4. The Morgan fingerprint density at radius 1 is 0.938 bits per heavy atom. The van der Waals surface area contributed by atoms with Gasteiger partial charge in [-0.3, -0.25) is 4.90 Å². The second-order valence-corrected chi connectivity index (χ2v) is 9.29. The number of benzene rings is 3. The molecule has 1 aliphatic heterocycles. The van der Waals surface area contributed by atoms with E-state index in [0.717, 1.165) is 22.3 Å². The van der Waals surface area contributed by atoms with Gasteiger partial charge in [0.25, 0.3) is 0 Å². The molecule has 1 saturated heterocycles. The Labute approximate surface area is 195 Å². The van der Waals surface area contributed by atoms with Gasteiger partial charge in [-0.2, -0.15) is 0 Å². The van der Waals surface area contributed by atoms with E-state index in [4.69, 9.17) is 16.3 Å².